The zero-order valence-electron chi connectivity index (χ0n) is 17.6. The first-order valence-corrected chi connectivity index (χ1v) is 10.5. The van der Waals surface area contributed by atoms with Crippen LogP contribution >= 0.6 is 0 Å². The molecule has 1 aliphatic carbocycles. The third-order valence-electron chi connectivity index (χ3n) is 5.67. The maximum absolute atomic E-state index is 11.9. The van der Waals surface area contributed by atoms with Gasteiger partial charge in [-0.15, -0.1) is 4.68 Å². The summed E-state index contributed by atoms with van der Waals surface area (Å²) in [5, 5.41) is 21.7. The highest BCUT2D eigenvalue weighted by atomic mass is 16.4. The molecule has 1 aliphatic rings. The number of nitrogen functional groups attached to an aromatic ring is 1. The minimum absolute atomic E-state index is 0.261. The van der Waals surface area contributed by atoms with E-state index < -0.39 is 6.09 Å². The average Bonchev–Trinajstić information content (AvgIpc) is 3.35. The second-order valence-electron chi connectivity index (χ2n) is 7.94. The molecule has 0 radical (unpaired) electrons. The van der Waals surface area contributed by atoms with Crippen LogP contribution in [0.3, 0.4) is 0 Å². The fourth-order valence-electron chi connectivity index (χ4n) is 4.27. The van der Waals surface area contributed by atoms with Crippen molar-refractivity contribution in [2.75, 3.05) is 11.1 Å². The predicted molar refractivity (Wildman–Crippen MR) is 118 cm³/mol. The first kappa shape index (κ1) is 19.9. The van der Waals surface area contributed by atoms with E-state index >= 15 is 0 Å². The Morgan fingerprint density at radius 1 is 1.19 bits per heavy atom. The Balaban J connectivity index is 1.62. The normalized spacial score (nSPS) is 14.7. The fraction of sp³-hybridized carbons (Fsp3) is 0.333. The number of fused-ring (bicyclic) bond motifs is 1. The van der Waals surface area contributed by atoms with Gasteiger partial charge in [0.2, 0.25) is 0 Å². The van der Waals surface area contributed by atoms with Crippen molar-refractivity contribution in [3.8, 4) is 11.4 Å². The maximum Gasteiger partial charge on any atom is 0.434 e. The highest BCUT2D eigenvalue weighted by Crippen LogP contribution is 2.35. The molecule has 0 unspecified atom stereocenters. The highest BCUT2D eigenvalue weighted by Gasteiger charge is 2.24. The van der Waals surface area contributed by atoms with Crippen LogP contribution in [0.1, 0.15) is 49.5 Å². The summed E-state index contributed by atoms with van der Waals surface area (Å²) in [5.74, 6) is 1.81. The van der Waals surface area contributed by atoms with Gasteiger partial charge in [0.25, 0.3) is 0 Å². The molecule has 4 aromatic heterocycles. The summed E-state index contributed by atoms with van der Waals surface area (Å²) in [4.78, 5) is 25.2. The fourth-order valence-corrected chi connectivity index (χ4v) is 4.27. The molecule has 1 saturated carbocycles. The molecule has 4 N–H and O–H groups in total. The Hall–Kier alpha value is -4.02. The van der Waals surface area contributed by atoms with Gasteiger partial charge in [-0.1, -0.05) is 19.3 Å². The van der Waals surface area contributed by atoms with Gasteiger partial charge >= 0.3 is 6.09 Å². The Kier molecular flexibility index (Phi) is 4.92. The van der Waals surface area contributed by atoms with Crippen LogP contribution in [0, 0.1) is 6.92 Å². The van der Waals surface area contributed by atoms with Crippen LogP contribution in [0.4, 0.5) is 22.2 Å². The summed E-state index contributed by atoms with van der Waals surface area (Å²) >= 11 is 0. The molecule has 1 fully saturated rings. The van der Waals surface area contributed by atoms with Crippen molar-refractivity contribution < 1.29 is 9.90 Å². The number of hydrogen-bond acceptors (Lipinski definition) is 8. The summed E-state index contributed by atoms with van der Waals surface area (Å²) in [6.45, 7) is 1.75. The third-order valence-corrected chi connectivity index (χ3v) is 5.67. The summed E-state index contributed by atoms with van der Waals surface area (Å²) < 4.78 is 2.60. The topological polar surface area (TPSA) is 149 Å². The molecule has 0 atom stereocenters. The number of carbonyl (C=O) groups is 1. The zero-order valence-corrected chi connectivity index (χ0v) is 17.6. The molecule has 0 aliphatic heterocycles. The molecule has 0 bridgehead atoms. The smallest absolute Gasteiger partial charge is 0.434 e. The van der Waals surface area contributed by atoms with Crippen molar-refractivity contribution in [3.05, 3.63) is 42.0 Å². The van der Waals surface area contributed by atoms with E-state index in [2.05, 4.69) is 30.5 Å². The third kappa shape index (κ3) is 3.61. The predicted octanol–water partition coefficient (Wildman–Crippen LogP) is 3.59. The van der Waals surface area contributed by atoms with Crippen LogP contribution in [-0.4, -0.2) is 45.5 Å². The van der Waals surface area contributed by atoms with Crippen LogP contribution in [0.5, 0.6) is 0 Å². The molecule has 0 spiro atoms. The van der Waals surface area contributed by atoms with Crippen LogP contribution in [0.2, 0.25) is 0 Å². The summed E-state index contributed by atoms with van der Waals surface area (Å²) in [7, 11) is 0. The van der Waals surface area contributed by atoms with Crippen LogP contribution < -0.4 is 11.1 Å². The van der Waals surface area contributed by atoms with Gasteiger partial charge in [0.05, 0.1) is 11.4 Å². The van der Waals surface area contributed by atoms with Gasteiger partial charge in [-0.05, 0) is 31.9 Å². The number of nitrogens with two attached hydrogens (primary N) is 1. The van der Waals surface area contributed by atoms with E-state index in [4.69, 9.17) is 5.73 Å². The number of anilines is 3. The lowest BCUT2D eigenvalue weighted by atomic mass is 9.87. The molecule has 4 heterocycles. The first-order valence-electron chi connectivity index (χ1n) is 10.5. The minimum atomic E-state index is -1.17. The number of aromatic nitrogens is 7. The molecular weight excluding hydrogens is 410 g/mol. The monoisotopic (exact) mass is 433 g/mol. The van der Waals surface area contributed by atoms with E-state index in [0.29, 0.717) is 40.3 Å². The quantitative estimate of drug-likeness (QED) is 0.439. The highest BCUT2D eigenvalue weighted by molar-refractivity contribution is 5.80. The molecule has 0 saturated heterocycles. The molecule has 0 amide bonds. The van der Waals surface area contributed by atoms with Crippen molar-refractivity contribution >= 4 is 29.2 Å². The summed E-state index contributed by atoms with van der Waals surface area (Å²) in [6, 6.07) is 7.02. The Morgan fingerprint density at radius 2 is 2.00 bits per heavy atom. The summed E-state index contributed by atoms with van der Waals surface area (Å²) in [6.07, 6.45) is 5.97. The second kappa shape index (κ2) is 7.91. The van der Waals surface area contributed by atoms with E-state index in [0.717, 1.165) is 36.1 Å². The van der Waals surface area contributed by atoms with E-state index in [1.54, 1.807) is 41.9 Å². The SMILES string of the molecule is Cc1nc(N)cc(-c2c(Nc3cc(C4CCCCC4)nn3C(=O)O)nc3cccnn23)n1. The number of imidazole rings is 1. The molecule has 164 valence electrons. The Labute approximate surface area is 183 Å². The standard InChI is InChI=1S/C21H23N9O2/c1-12-24-15(10-16(22)25-12)19-20(26-17-8-5-9-23-29(17)19)27-18-11-14(28-30(18)21(31)32)13-6-3-2-4-7-13/h5,8-11,13,27H,2-4,6-7H2,1H3,(H,31,32)(H2,22,24,25). The largest absolute Gasteiger partial charge is 0.463 e. The van der Waals surface area contributed by atoms with E-state index in [1.165, 1.54) is 6.42 Å². The van der Waals surface area contributed by atoms with E-state index in [1.807, 2.05) is 0 Å². The van der Waals surface area contributed by atoms with Crippen molar-refractivity contribution in [1.29, 1.82) is 0 Å². The van der Waals surface area contributed by atoms with Gasteiger partial charge in [0, 0.05) is 24.2 Å². The van der Waals surface area contributed by atoms with Gasteiger partial charge in [-0.3, -0.25) is 0 Å². The van der Waals surface area contributed by atoms with Gasteiger partial charge in [0.15, 0.2) is 11.5 Å². The number of nitrogens with one attached hydrogen (secondary N) is 1. The van der Waals surface area contributed by atoms with E-state index in [-0.39, 0.29) is 5.92 Å². The van der Waals surface area contributed by atoms with Gasteiger partial charge in [-0.2, -0.15) is 10.2 Å². The molecule has 4 aromatic rings. The van der Waals surface area contributed by atoms with E-state index in [9.17, 15) is 9.90 Å². The number of aryl methyl sites for hydroxylation is 1. The van der Waals surface area contributed by atoms with Gasteiger partial charge in [-0.25, -0.2) is 24.3 Å². The molecule has 32 heavy (non-hydrogen) atoms. The average molecular weight is 433 g/mol. The Morgan fingerprint density at radius 3 is 2.75 bits per heavy atom. The van der Waals surface area contributed by atoms with Crippen molar-refractivity contribution in [2.45, 2.75) is 44.9 Å². The molecule has 11 heteroatoms. The van der Waals surface area contributed by atoms with Crippen molar-refractivity contribution in [1.82, 2.24) is 34.3 Å². The lowest BCUT2D eigenvalue weighted by Gasteiger charge is -2.19. The number of rotatable bonds is 4. The first-order chi connectivity index (χ1) is 15.5. The zero-order chi connectivity index (χ0) is 22.2. The van der Waals surface area contributed by atoms with Gasteiger partial charge in [0.1, 0.15) is 23.2 Å². The second-order valence-corrected chi connectivity index (χ2v) is 7.94. The van der Waals surface area contributed by atoms with Crippen LogP contribution in [-0.2, 0) is 0 Å². The lowest BCUT2D eigenvalue weighted by molar-refractivity contribution is 0.193. The van der Waals surface area contributed by atoms with Crippen LogP contribution in [0.25, 0.3) is 17.0 Å². The Bertz CT molecular complexity index is 1280. The number of hydrogen-bond donors (Lipinski definition) is 3. The maximum atomic E-state index is 11.9. The van der Waals surface area contributed by atoms with Crippen molar-refractivity contribution in [3.63, 3.8) is 0 Å². The molecule has 5 rings (SSSR count). The minimum Gasteiger partial charge on any atom is -0.463 e. The summed E-state index contributed by atoms with van der Waals surface area (Å²) in [5.41, 5.74) is 8.38. The number of carboxylic acid groups (broad SMARTS) is 1. The molecule has 0 aromatic carbocycles. The van der Waals surface area contributed by atoms with Crippen molar-refractivity contribution in [2.24, 2.45) is 0 Å². The molecular formula is C21H23N9O2. The van der Waals surface area contributed by atoms with Crippen LogP contribution in [0.15, 0.2) is 30.5 Å². The molecule has 11 nitrogen and oxygen atoms in total. The lowest BCUT2D eigenvalue weighted by Crippen LogP contribution is -2.14. The number of nitrogens with zero attached hydrogens (tertiary/aromatic N) is 7. The van der Waals surface area contributed by atoms with Gasteiger partial charge < -0.3 is 16.2 Å².